The van der Waals surface area contributed by atoms with E-state index in [9.17, 15) is 14.7 Å². The molecule has 1 atom stereocenters. The molecule has 0 aliphatic carbocycles. The molecule has 0 saturated carbocycles. The minimum atomic E-state index is -0.914. The number of carboxylic acid groups (broad SMARTS) is 1. The van der Waals surface area contributed by atoms with Crippen LogP contribution in [0, 0.1) is 0 Å². The van der Waals surface area contributed by atoms with E-state index in [0.717, 1.165) is 12.8 Å². The Hall–Kier alpha value is -2.97. The predicted octanol–water partition coefficient (Wildman–Crippen LogP) is 1.60. The summed E-state index contributed by atoms with van der Waals surface area (Å²) < 4.78 is 1.48. The first-order chi connectivity index (χ1) is 12.9. The molecule has 2 aromatic rings. The molecule has 27 heavy (non-hydrogen) atoms. The topological polar surface area (TPSA) is 104 Å². The number of likely N-dealkylation sites (N-methyl/N-ethyl adjacent to an activating group) is 1. The molecule has 1 saturated heterocycles. The number of nitrogens with zero attached hydrogens (tertiary/aromatic N) is 6. The normalized spacial score (nSPS) is 19.3. The van der Waals surface area contributed by atoms with E-state index in [1.807, 2.05) is 18.7 Å². The molecule has 2 aromatic heterocycles. The maximum atomic E-state index is 12.5. The monoisotopic (exact) mass is 372 g/mol. The van der Waals surface area contributed by atoms with Gasteiger partial charge in [-0.2, -0.15) is 0 Å². The van der Waals surface area contributed by atoms with Gasteiger partial charge in [-0.3, -0.25) is 9.36 Å². The van der Waals surface area contributed by atoms with Crippen LogP contribution < -0.4 is 10.5 Å². The number of hydrogen-bond donors (Lipinski definition) is 1. The quantitative estimate of drug-likeness (QED) is 0.850. The van der Waals surface area contributed by atoms with Crippen LogP contribution in [0.15, 0.2) is 29.5 Å². The van der Waals surface area contributed by atoms with Crippen LogP contribution in [0.2, 0.25) is 0 Å². The predicted molar refractivity (Wildman–Crippen MR) is 101 cm³/mol. The van der Waals surface area contributed by atoms with Crippen LogP contribution in [0.4, 0.5) is 10.7 Å². The molecule has 9 nitrogen and oxygen atoms in total. The van der Waals surface area contributed by atoms with Crippen LogP contribution in [-0.2, 0) is 7.05 Å². The molecule has 0 spiro atoms. The van der Waals surface area contributed by atoms with Crippen molar-refractivity contribution < 1.29 is 9.90 Å². The largest absolute Gasteiger partial charge is 0.465 e. The summed E-state index contributed by atoms with van der Waals surface area (Å²) in [6.07, 6.45) is 3.70. The van der Waals surface area contributed by atoms with Gasteiger partial charge in [-0.25, -0.2) is 19.7 Å². The smallest absolute Gasteiger partial charge is 0.407 e. The summed E-state index contributed by atoms with van der Waals surface area (Å²) in [5.74, 6) is 0.497. The van der Waals surface area contributed by atoms with Crippen molar-refractivity contribution in [1.29, 1.82) is 0 Å². The van der Waals surface area contributed by atoms with Gasteiger partial charge in [-0.1, -0.05) is 0 Å². The van der Waals surface area contributed by atoms with E-state index < -0.39 is 11.6 Å². The Balaban J connectivity index is 1.99. The number of amides is 1. The van der Waals surface area contributed by atoms with Crippen molar-refractivity contribution in [1.82, 2.24) is 24.4 Å². The summed E-state index contributed by atoms with van der Waals surface area (Å²) in [5, 5.41) is 9.52. The molecule has 1 fully saturated rings. The standard InChI is InChI=1S/C18H24N6O3/c1-4-23(11-18(2)7-5-9-24(18)17(26)27)16-21-14(10-15(25)22(16)3)13-6-8-19-12-20-13/h6,8,10,12H,4-5,7,9,11H2,1-3H3,(H,26,27)/t18-/m0/s1. The summed E-state index contributed by atoms with van der Waals surface area (Å²) >= 11 is 0. The van der Waals surface area contributed by atoms with Crippen molar-refractivity contribution in [2.45, 2.75) is 32.2 Å². The third-order valence-corrected chi connectivity index (χ3v) is 5.13. The Kier molecular flexibility index (Phi) is 5.11. The zero-order valence-electron chi connectivity index (χ0n) is 15.8. The highest BCUT2D eigenvalue weighted by atomic mass is 16.4. The highest BCUT2D eigenvalue weighted by Crippen LogP contribution is 2.31. The lowest BCUT2D eigenvalue weighted by atomic mass is 9.98. The van der Waals surface area contributed by atoms with E-state index >= 15 is 0 Å². The molecule has 1 aliphatic heterocycles. The van der Waals surface area contributed by atoms with Gasteiger partial charge in [0.25, 0.3) is 5.56 Å². The fraction of sp³-hybridized carbons (Fsp3) is 0.500. The molecule has 0 unspecified atom stereocenters. The summed E-state index contributed by atoms with van der Waals surface area (Å²) in [7, 11) is 1.67. The summed E-state index contributed by atoms with van der Waals surface area (Å²) in [5.41, 5.74) is 0.323. The van der Waals surface area contributed by atoms with E-state index in [4.69, 9.17) is 0 Å². The molecular weight excluding hydrogens is 348 g/mol. The van der Waals surface area contributed by atoms with Gasteiger partial charge in [-0.15, -0.1) is 0 Å². The second-order valence-electron chi connectivity index (χ2n) is 6.98. The van der Waals surface area contributed by atoms with Crippen LogP contribution in [-0.4, -0.2) is 60.8 Å². The molecule has 144 valence electrons. The lowest BCUT2D eigenvalue weighted by molar-refractivity contribution is 0.112. The van der Waals surface area contributed by atoms with Crippen molar-refractivity contribution in [3.05, 3.63) is 35.0 Å². The highest BCUT2D eigenvalue weighted by molar-refractivity contribution is 5.67. The Morgan fingerprint density at radius 2 is 2.19 bits per heavy atom. The van der Waals surface area contributed by atoms with E-state index in [0.29, 0.717) is 37.0 Å². The maximum absolute atomic E-state index is 12.5. The van der Waals surface area contributed by atoms with E-state index in [1.54, 1.807) is 19.3 Å². The Morgan fingerprint density at radius 3 is 2.81 bits per heavy atom. The van der Waals surface area contributed by atoms with Gasteiger partial charge in [-0.05, 0) is 32.8 Å². The van der Waals surface area contributed by atoms with Crippen LogP contribution in [0.25, 0.3) is 11.4 Å². The van der Waals surface area contributed by atoms with E-state index in [2.05, 4.69) is 15.0 Å². The van der Waals surface area contributed by atoms with Crippen molar-refractivity contribution >= 4 is 12.0 Å². The second-order valence-corrected chi connectivity index (χ2v) is 6.98. The minimum Gasteiger partial charge on any atom is -0.465 e. The molecule has 9 heteroatoms. The van der Waals surface area contributed by atoms with Gasteiger partial charge in [0.05, 0.1) is 16.9 Å². The molecule has 1 aliphatic rings. The van der Waals surface area contributed by atoms with Gasteiger partial charge in [0, 0.05) is 38.9 Å². The molecule has 3 heterocycles. The van der Waals surface area contributed by atoms with Crippen molar-refractivity contribution in [2.75, 3.05) is 24.5 Å². The number of likely N-dealkylation sites (tertiary alicyclic amines) is 1. The number of aromatic nitrogens is 4. The van der Waals surface area contributed by atoms with Crippen molar-refractivity contribution in [3.8, 4) is 11.4 Å². The summed E-state index contributed by atoms with van der Waals surface area (Å²) in [4.78, 5) is 40.3. The first-order valence-electron chi connectivity index (χ1n) is 8.95. The van der Waals surface area contributed by atoms with Gasteiger partial charge >= 0.3 is 6.09 Å². The second kappa shape index (κ2) is 7.34. The number of anilines is 1. The van der Waals surface area contributed by atoms with Crippen LogP contribution in [0.1, 0.15) is 26.7 Å². The molecule has 0 aromatic carbocycles. The zero-order chi connectivity index (χ0) is 19.6. The summed E-state index contributed by atoms with van der Waals surface area (Å²) in [6.45, 7) is 5.49. The lowest BCUT2D eigenvalue weighted by Gasteiger charge is -2.38. The molecule has 1 amide bonds. The number of rotatable bonds is 5. The average Bonchev–Trinajstić information content (AvgIpc) is 3.04. The Bertz CT molecular complexity index is 884. The minimum absolute atomic E-state index is 0.196. The average molecular weight is 372 g/mol. The Labute approximate surface area is 157 Å². The third-order valence-electron chi connectivity index (χ3n) is 5.13. The van der Waals surface area contributed by atoms with Gasteiger partial charge < -0.3 is 14.9 Å². The lowest BCUT2D eigenvalue weighted by Crippen LogP contribution is -2.53. The first kappa shape index (κ1) is 18.8. The number of hydrogen-bond acceptors (Lipinski definition) is 6. The van der Waals surface area contributed by atoms with Gasteiger partial charge in [0.2, 0.25) is 5.95 Å². The SMILES string of the molecule is CCN(C[C@]1(C)CCCN1C(=O)O)c1nc(-c2ccncn2)cc(=O)n1C. The van der Waals surface area contributed by atoms with Gasteiger partial charge in [0.1, 0.15) is 6.33 Å². The van der Waals surface area contributed by atoms with E-state index in [1.165, 1.54) is 21.9 Å². The van der Waals surface area contributed by atoms with Crippen LogP contribution >= 0.6 is 0 Å². The van der Waals surface area contributed by atoms with Crippen molar-refractivity contribution in [2.24, 2.45) is 7.05 Å². The maximum Gasteiger partial charge on any atom is 0.407 e. The van der Waals surface area contributed by atoms with Gasteiger partial charge in [0.15, 0.2) is 0 Å². The molecule has 0 radical (unpaired) electrons. The van der Waals surface area contributed by atoms with E-state index in [-0.39, 0.29) is 5.56 Å². The van der Waals surface area contributed by atoms with Crippen molar-refractivity contribution in [3.63, 3.8) is 0 Å². The fourth-order valence-corrected chi connectivity index (χ4v) is 3.63. The van der Waals surface area contributed by atoms with Crippen LogP contribution in [0.3, 0.4) is 0 Å². The Morgan fingerprint density at radius 1 is 1.41 bits per heavy atom. The number of carbonyl (C=O) groups is 1. The fourth-order valence-electron chi connectivity index (χ4n) is 3.63. The summed E-state index contributed by atoms with van der Waals surface area (Å²) in [6, 6.07) is 3.15. The zero-order valence-corrected chi connectivity index (χ0v) is 15.8. The van der Waals surface area contributed by atoms with Crippen LogP contribution in [0.5, 0.6) is 0 Å². The molecule has 3 rings (SSSR count). The molecule has 0 bridgehead atoms. The highest BCUT2D eigenvalue weighted by Gasteiger charge is 2.41. The third kappa shape index (κ3) is 3.62. The molecule has 1 N–H and O–H groups in total. The molecular formula is C18H24N6O3. The first-order valence-corrected chi connectivity index (χ1v) is 8.95.